The van der Waals surface area contributed by atoms with E-state index in [2.05, 4.69) is 5.32 Å². The zero-order valence-corrected chi connectivity index (χ0v) is 11.2. The first-order valence-corrected chi connectivity index (χ1v) is 6.08. The van der Waals surface area contributed by atoms with E-state index in [-0.39, 0.29) is 10.7 Å². The molecule has 0 fully saturated rings. The van der Waals surface area contributed by atoms with Gasteiger partial charge in [0.15, 0.2) is 0 Å². The summed E-state index contributed by atoms with van der Waals surface area (Å²) in [5, 5.41) is 3.60. The molecule has 0 saturated heterocycles. The maximum atomic E-state index is 13.6. The fourth-order valence-corrected chi connectivity index (χ4v) is 2.26. The normalized spacial score (nSPS) is 10.4. The van der Waals surface area contributed by atoms with E-state index in [9.17, 15) is 4.39 Å². The molecular weight excluding hydrogens is 298 g/mol. The Morgan fingerprint density at radius 1 is 0.944 bits per heavy atom. The molecule has 2 aromatic rings. The minimum atomic E-state index is -0.494. The molecule has 3 N–H and O–H groups in total. The number of rotatable bonds is 2. The highest BCUT2D eigenvalue weighted by Gasteiger charge is 2.12. The number of hydrogen-bond acceptors (Lipinski definition) is 2. The van der Waals surface area contributed by atoms with E-state index < -0.39 is 5.82 Å². The first-order valence-electron chi connectivity index (χ1n) is 4.94. The number of para-hydroxylation sites is 1. The summed E-state index contributed by atoms with van der Waals surface area (Å²) in [6.45, 7) is 0. The van der Waals surface area contributed by atoms with Crippen LogP contribution in [-0.2, 0) is 0 Å². The van der Waals surface area contributed by atoms with Crippen LogP contribution >= 0.6 is 34.8 Å². The molecule has 18 heavy (non-hydrogen) atoms. The van der Waals surface area contributed by atoms with E-state index in [1.54, 1.807) is 6.07 Å². The van der Waals surface area contributed by atoms with Crippen molar-refractivity contribution in [1.29, 1.82) is 0 Å². The van der Waals surface area contributed by atoms with Gasteiger partial charge in [-0.2, -0.15) is 0 Å². The number of hydrogen-bond donors (Lipinski definition) is 2. The van der Waals surface area contributed by atoms with Crippen LogP contribution in [0.5, 0.6) is 0 Å². The summed E-state index contributed by atoms with van der Waals surface area (Å²) in [5.74, 6) is -0.494. The van der Waals surface area contributed by atoms with Crippen LogP contribution in [0.3, 0.4) is 0 Å². The third-order valence-corrected chi connectivity index (χ3v) is 3.19. The maximum absolute atomic E-state index is 13.6. The number of nitrogens with one attached hydrogen (secondary N) is 1. The quantitative estimate of drug-likeness (QED) is 0.756. The predicted octanol–water partition coefficient (Wildman–Crippen LogP) is 5.11. The molecule has 2 rings (SSSR count). The van der Waals surface area contributed by atoms with Gasteiger partial charge < -0.3 is 11.1 Å². The second-order valence-corrected chi connectivity index (χ2v) is 4.80. The molecule has 6 heteroatoms. The van der Waals surface area contributed by atoms with Gasteiger partial charge in [0.2, 0.25) is 0 Å². The molecule has 0 radical (unpaired) electrons. The van der Waals surface area contributed by atoms with Crippen LogP contribution in [0, 0.1) is 5.82 Å². The largest absolute Gasteiger partial charge is 0.399 e. The van der Waals surface area contributed by atoms with E-state index >= 15 is 0 Å². The monoisotopic (exact) mass is 304 g/mol. The number of nitrogens with two attached hydrogens (primary N) is 1. The molecule has 0 bridgehead atoms. The molecule has 94 valence electrons. The Bertz CT molecular complexity index is 559. The summed E-state index contributed by atoms with van der Waals surface area (Å²) in [6.07, 6.45) is 0. The minimum absolute atomic E-state index is 0.118. The first-order chi connectivity index (χ1) is 8.49. The molecule has 0 aromatic heterocycles. The highest BCUT2D eigenvalue weighted by molar-refractivity contribution is 6.40. The molecule has 0 aliphatic heterocycles. The number of anilines is 3. The highest BCUT2D eigenvalue weighted by Crippen LogP contribution is 2.37. The molecule has 0 spiro atoms. The Morgan fingerprint density at radius 3 is 2.11 bits per heavy atom. The molecule has 0 unspecified atom stereocenters. The van der Waals surface area contributed by atoms with Crippen LogP contribution in [0.1, 0.15) is 0 Å². The van der Waals surface area contributed by atoms with Gasteiger partial charge in [-0.25, -0.2) is 4.39 Å². The lowest BCUT2D eigenvalue weighted by Crippen LogP contribution is -1.97. The lowest BCUT2D eigenvalue weighted by atomic mass is 10.2. The van der Waals surface area contributed by atoms with Crippen molar-refractivity contribution in [3.05, 3.63) is 51.2 Å². The second-order valence-electron chi connectivity index (χ2n) is 3.58. The number of nitrogen functional groups attached to an aromatic ring is 1. The fraction of sp³-hybridized carbons (Fsp3) is 0. The fourth-order valence-electron chi connectivity index (χ4n) is 1.45. The van der Waals surface area contributed by atoms with Gasteiger partial charge in [0.05, 0.1) is 26.4 Å². The van der Waals surface area contributed by atoms with Gasteiger partial charge in [0.1, 0.15) is 5.82 Å². The Labute approximate surface area is 118 Å². The molecule has 2 aromatic carbocycles. The van der Waals surface area contributed by atoms with Crippen molar-refractivity contribution in [2.45, 2.75) is 0 Å². The average Bonchev–Trinajstić information content (AvgIpc) is 2.26. The van der Waals surface area contributed by atoms with Gasteiger partial charge in [0, 0.05) is 5.69 Å². The van der Waals surface area contributed by atoms with Crippen molar-refractivity contribution in [3.8, 4) is 0 Å². The molecule has 0 amide bonds. The summed E-state index contributed by atoms with van der Waals surface area (Å²) in [6, 6.07) is 7.39. The molecule has 0 heterocycles. The van der Waals surface area contributed by atoms with Crippen LogP contribution in [0.4, 0.5) is 21.5 Å². The second kappa shape index (κ2) is 5.22. The Balaban J connectivity index is 2.47. The van der Waals surface area contributed by atoms with Gasteiger partial charge in [-0.3, -0.25) is 0 Å². The van der Waals surface area contributed by atoms with Gasteiger partial charge in [0.25, 0.3) is 0 Å². The van der Waals surface area contributed by atoms with Crippen molar-refractivity contribution < 1.29 is 4.39 Å². The van der Waals surface area contributed by atoms with Crippen LogP contribution < -0.4 is 11.1 Å². The van der Waals surface area contributed by atoms with E-state index in [0.29, 0.717) is 21.4 Å². The standard InChI is InChI=1S/C12H8Cl3FN2/c13-7-2-1-3-10(16)12(7)18-11-8(14)4-6(17)5-9(11)15/h1-5,18H,17H2. The molecule has 0 aliphatic rings. The number of halogens is 4. The summed E-state index contributed by atoms with van der Waals surface area (Å²) in [7, 11) is 0. The topological polar surface area (TPSA) is 38.0 Å². The Hall–Kier alpha value is -1.16. The summed E-state index contributed by atoms with van der Waals surface area (Å²) >= 11 is 17.9. The Kier molecular flexibility index (Phi) is 3.85. The third-order valence-electron chi connectivity index (χ3n) is 2.28. The molecule has 0 saturated carbocycles. The van der Waals surface area contributed by atoms with Crippen molar-refractivity contribution in [2.24, 2.45) is 0 Å². The minimum Gasteiger partial charge on any atom is -0.399 e. The summed E-state index contributed by atoms with van der Waals surface area (Å²) in [4.78, 5) is 0. The lowest BCUT2D eigenvalue weighted by molar-refractivity contribution is 0.632. The van der Waals surface area contributed by atoms with Crippen LogP contribution in [0.25, 0.3) is 0 Å². The van der Waals surface area contributed by atoms with Crippen molar-refractivity contribution in [3.63, 3.8) is 0 Å². The lowest BCUT2D eigenvalue weighted by Gasteiger charge is -2.13. The van der Waals surface area contributed by atoms with E-state index in [0.717, 1.165) is 0 Å². The summed E-state index contributed by atoms with van der Waals surface area (Å²) in [5.41, 5.74) is 6.49. The zero-order chi connectivity index (χ0) is 13.3. The van der Waals surface area contributed by atoms with Gasteiger partial charge in [-0.05, 0) is 24.3 Å². The molecule has 2 nitrogen and oxygen atoms in total. The summed E-state index contributed by atoms with van der Waals surface area (Å²) < 4.78 is 13.6. The Morgan fingerprint density at radius 2 is 1.56 bits per heavy atom. The zero-order valence-electron chi connectivity index (χ0n) is 8.98. The van der Waals surface area contributed by atoms with Crippen molar-refractivity contribution in [1.82, 2.24) is 0 Å². The molecule has 0 atom stereocenters. The highest BCUT2D eigenvalue weighted by atomic mass is 35.5. The maximum Gasteiger partial charge on any atom is 0.148 e. The van der Waals surface area contributed by atoms with Crippen molar-refractivity contribution in [2.75, 3.05) is 11.1 Å². The predicted molar refractivity (Wildman–Crippen MR) is 75.6 cm³/mol. The van der Waals surface area contributed by atoms with Gasteiger partial charge >= 0.3 is 0 Å². The van der Waals surface area contributed by atoms with Gasteiger partial charge in [-0.15, -0.1) is 0 Å². The smallest absolute Gasteiger partial charge is 0.148 e. The first kappa shape index (κ1) is 13.3. The van der Waals surface area contributed by atoms with E-state index in [1.165, 1.54) is 24.3 Å². The van der Waals surface area contributed by atoms with E-state index in [1.807, 2.05) is 0 Å². The van der Waals surface area contributed by atoms with Crippen molar-refractivity contribution >= 4 is 51.9 Å². The third kappa shape index (κ3) is 2.64. The average molecular weight is 306 g/mol. The number of benzene rings is 2. The van der Waals surface area contributed by atoms with Gasteiger partial charge in [-0.1, -0.05) is 40.9 Å². The van der Waals surface area contributed by atoms with E-state index in [4.69, 9.17) is 40.5 Å². The van der Waals surface area contributed by atoms with Crippen LogP contribution in [-0.4, -0.2) is 0 Å². The van der Waals surface area contributed by atoms with Crippen LogP contribution in [0.2, 0.25) is 15.1 Å². The molecule has 0 aliphatic carbocycles. The SMILES string of the molecule is Nc1cc(Cl)c(Nc2c(F)cccc2Cl)c(Cl)c1. The van der Waals surface area contributed by atoms with Crippen LogP contribution in [0.15, 0.2) is 30.3 Å². The molecular formula is C12H8Cl3FN2.